The van der Waals surface area contributed by atoms with Crippen LogP contribution in [0.15, 0.2) is 58.9 Å². The Kier molecular flexibility index (Phi) is 9.43. The predicted molar refractivity (Wildman–Crippen MR) is 172 cm³/mol. The molecule has 1 unspecified atom stereocenters. The van der Waals surface area contributed by atoms with E-state index in [0.29, 0.717) is 56.7 Å². The summed E-state index contributed by atoms with van der Waals surface area (Å²) in [5.74, 6) is -0.0301. The third kappa shape index (κ3) is 7.77. The maximum atomic E-state index is 12.5. The molecule has 0 spiro atoms. The minimum atomic E-state index is -1.39. The van der Waals surface area contributed by atoms with E-state index in [0.717, 1.165) is 10.5 Å². The highest BCUT2D eigenvalue weighted by molar-refractivity contribution is 7.17. The van der Waals surface area contributed by atoms with Crippen LogP contribution in [-0.4, -0.2) is 49.8 Å². The van der Waals surface area contributed by atoms with Gasteiger partial charge in [-0.15, -0.1) is 11.3 Å². The monoisotopic (exact) mass is 640 g/mol. The van der Waals surface area contributed by atoms with Crippen molar-refractivity contribution in [2.75, 3.05) is 5.32 Å². The van der Waals surface area contributed by atoms with Crippen LogP contribution in [0.25, 0.3) is 16.1 Å². The summed E-state index contributed by atoms with van der Waals surface area (Å²) in [6, 6.07) is 8.42. The minimum Gasteiger partial charge on any atom is -0.456 e. The van der Waals surface area contributed by atoms with Gasteiger partial charge in [-0.05, 0) is 109 Å². The zero-order chi connectivity index (χ0) is 32.4. The van der Waals surface area contributed by atoms with E-state index in [-0.39, 0.29) is 0 Å². The van der Waals surface area contributed by atoms with E-state index in [9.17, 15) is 19.9 Å². The molecule has 4 N–H and O–H groups in total. The first kappa shape index (κ1) is 33.0. The number of hydrogen-bond donors (Lipinski definition) is 4. The molecule has 1 aromatic carbocycles. The van der Waals surface area contributed by atoms with Gasteiger partial charge in [0.2, 0.25) is 0 Å². The molecule has 0 saturated heterocycles. The average molecular weight is 641 g/mol. The Bertz CT molecular complexity index is 1660. The van der Waals surface area contributed by atoms with Crippen molar-refractivity contribution in [3.63, 3.8) is 0 Å². The lowest BCUT2D eigenvalue weighted by atomic mass is 9.95. The molecule has 0 aliphatic heterocycles. The topological polar surface area (TPSA) is 146 Å². The number of halogens is 1. The number of anilines is 1. The van der Waals surface area contributed by atoms with Crippen molar-refractivity contribution in [3.05, 3.63) is 75.0 Å². The van der Waals surface area contributed by atoms with Crippen molar-refractivity contribution in [2.45, 2.75) is 78.1 Å². The smallest absolute Gasteiger partial charge is 0.412 e. The van der Waals surface area contributed by atoms with Crippen LogP contribution in [0.5, 0.6) is 0 Å². The lowest BCUT2D eigenvalue weighted by molar-refractivity contribution is 0.00749. The number of esters is 1. The maximum absolute atomic E-state index is 12.5. The Morgan fingerprint density at radius 3 is 2.50 bits per heavy atom. The van der Waals surface area contributed by atoms with Gasteiger partial charge in [0.05, 0.1) is 28.7 Å². The van der Waals surface area contributed by atoms with Gasteiger partial charge in [-0.2, -0.15) is 0 Å². The van der Waals surface area contributed by atoms with Gasteiger partial charge in [-0.25, -0.2) is 14.6 Å². The highest BCUT2D eigenvalue weighted by Gasteiger charge is 2.40. The largest absolute Gasteiger partial charge is 0.456 e. The Morgan fingerprint density at radius 1 is 1.14 bits per heavy atom. The Morgan fingerprint density at radius 2 is 1.84 bits per heavy atom. The number of aromatic amines is 1. The number of carbonyl (C=O) groups is 2. The summed E-state index contributed by atoms with van der Waals surface area (Å²) in [7, 11) is 0. The van der Waals surface area contributed by atoms with Crippen LogP contribution in [0.2, 0.25) is 5.02 Å². The molecule has 234 valence electrons. The van der Waals surface area contributed by atoms with E-state index in [1.165, 1.54) is 17.6 Å². The molecule has 0 bridgehead atoms. The summed E-state index contributed by atoms with van der Waals surface area (Å²) >= 11 is 7.58. The van der Waals surface area contributed by atoms with Crippen LogP contribution in [0.1, 0.15) is 82.4 Å². The third-order valence-electron chi connectivity index (χ3n) is 6.75. The molecule has 2 aromatic heterocycles. The van der Waals surface area contributed by atoms with E-state index in [4.69, 9.17) is 21.1 Å². The van der Waals surface area contributed by atoms with E-state index < -0.39 is 28.9 Å². The molecule has 44 heavy (non-hydrogen) atoms. The molecule has 12 heteroatoms. The van der Waals surface area contributed by atoms with Crippen molar-refractivity contribution in [1.82, 2.24) is 9.97 Å². The molecule has 2 heterocycles. The molecule has 1 aliphatic rings. The van der Waals surface area contributed by atoms with Crippen LogP contribution in [0.3, 0.4) is 0 Å². The fourth-order valence-electron chi connectivity index (χ4n) is 4.72. The summed E-state index contributed by atoms with van der Waals surface area (Å²) in [5.41, 5.74) is 0.780. The molecule has 0 saturated carbocycles. The number of rotatable bonds is 7. The highest BCUT2D eigenvalue weighted by atomic mass is 35.5. The fraction of sp³-hybridized carbons (Fsp3) is 0.375. The van der Waals surface area contributed by atoms with Gasteiger partial charge in [0.25, 0.3) is 0 Å². The Labute approximate surface area is 265 Å². The van der Waals surface area contributed by atoms with E-state index in [1.54, 1.807) is 57.3 Å². The number of thiophene rings is 1. The number of hydrogen-bond acceptors (Lipinski definition) is 9. The maximum Gasteiger partial charge on any atom is 0.412 e. The van der Waals surface area contributed by atoms with Gasteiger partial charge in [0, 0.05) is 16.2 Å². The molecular formula is C32H37ClN4O6S. The summed E-state index contributed by atoms with van der Waals surface area (Å²) in [4.78, 5) is 34.0. The van der Waals surface area contributed by atoms with E-state index in [2.05, 4.69) is 20.4 Å². The van der Waals surface area contributed by atoms with Crippen molar-refractivity contribution in [3.8, 4) is 10.6 Å². The zero-order valence-corrected chi connectivity index (χ0v) is 27.3. The van der Waals surface area contributed by atoms with E-state index in [1.807, 2.05) is 33.8 Å². The summed E-state index contributed by atoms with van der Waals surface area (Å²) in [5, 5.41) is 27.7. The number of aliphatic hydroxyl groups is 1. The van der Waals surface area contributed by atoms with Crippen LogP contribution >= 0.6 is 22.9 Å². The van der Waals surface area contributed by atoms with E-state index >= 15 is 0 Å². The summed E-state index contributed by atoms with van der Waals surface area (Å²) < 4.78 is 10.9. The minimum absolute atomic E-state index is 0.354. The van der Waals surface area contributed by atoms with Gasteiger partial charge in [0.15, 0.2) is 0 Å². The molecule has 10 nitrogen and oxygen atoms in total. The van der Waals surface area contributed by atoms with Crippen molar-refractivity contribution in [2.24, 2.45) is 5.16 Å². The standard InChI is InChI=1S/C32H37ClN4O6S/c1-18-19(14-20(16-35-41)22-15-21(33)8-9-23(22)37-29(39)43-31(5,6)7)12-13-32(18,40)28-34-17-24(36-28)25-10-11-26(44-25)27(38)42-30(2,3)4/h8-11,14-17,40-41H,12-13H2,1-7H3,(H,34,36)(H,37,39)/b20-14+,35-16+. The molecule has 1 atom stereocenters. The number of nitrogens with zero attached hydrogens (tertiary/aromatic N) is 2. The number of H-pyrrole nitrogens is 1. The fourth-order valence-corrected chi connectivity index (χ4v) is 5.74. The third-order valence-corrected chi connectivity index (χ3v) is 8.09. The number of carbonyl (C=O) groups excluding carboxylic acids is 2. The average Bonchev–Trinajstić information content (AvgIpc) is 3.64. The van der Waals surface area contributed by atoms with Crippen LogP contribution in [0, 0.1) is 0 Å². The molecule has 4 rings (SSSR count). The lowest BCUT2D eigenvalue weighted by Crippen LogP contribution is -2.27. The first-order chi connectivity index (χ1) is 20.5. The molecule has 0 fully saturated rings. The first-order valence-electron chi connectivity index (χ1n) is 14.0. The second-order valence-corrected chi connectivity index (χ2v) is 14.0. The van der Waals surface area contributed by atoms with Crippen molar-refractivity contribution < 1.29 is 29.4 Å². The van der Waals surface area contributed by atoms with Crippen molar-refractivity contribution >= 4 is 52.5 Å². The normalized spacial score (nSPS) is 17.8. The van der Waals surface area contributed by atoms with Crippen LogP contribution in [0.4, 0.5) is 10.5 Å². The number of imidazole rings is 1. The molecule has 1 aliphatic carbocycles. The Balaban J connectivity index is 1.64. The molecule has 3 aromatic rings. The molecule has 0 radical (unpaired) electrons. The van der Waals surface area contributed by atoms with Crippen LogP contribution in [-0.2, 0) is 15.1 Å². The summed E-state index contributed by atoms with van der Waals surface area (Å²) in [6.45, 7) is 12.6. The lowest BCUT2D eigenvalue weighted by Gasteiger charge is -2.22. The van der Waals surface area contributed by atoms with Gasteiger partial charge >= 0.3 is 12.1 Å². The van der Waals surface area contributed by atoms with Crippen molar-refractivity contribution in [1.29, 1.82) is 0 Å². The molecular weight excluding hydrogens is 604 g/mol. The number of oxime groups is 1. The number of allylic oxidation sites excluding steroid dienone is 3. The quantitative estimate of drug-likeness (QED) is 0.0887. The summed E-state index contributed by atoms with van der Waals surface area (Å²) in [6.07, 6.45) is 4.86. The molecule has 1 amide bonds. The number of aromatic nitrogens is 2. The predicted octanol–water partition coefficient (Wildman–Crippen LogP) is 7.94. The highest BCUT2D eigenvalue weighted by Crippen LogP contribution is 2.44. The van der Waals surface area contributed by atoms with Crippen LogP contribution < -0.4 is 5.32 Å². The van der Waals surface area contributed by atoms with Gasteiger partial charge in [-0.1, -0.05) is 16.8 Å². The SMILES string of the molecule is CC1=C(/C=C(\C=N\O)c2cc(Cl)ccc2NC(=O)OC(C)(C)C)CCC1(O)c1ncc(-c2ccc(C(=O)OC(C)(C)C)s2)[nH]1. The second kappa shape index (κ2) is 12.6. The number of ether oxygens (including phenoxy) is 2. The number of nitrogens with one attached hydrogen (secondary N) is 2. The number of amides is 1. The zero-order valence-electron chi connectivity index (χ0n) is 25.7. The first-order valence-corrected chi connectivity index (χ1v) is 15.2. The van der Waals surface area contributed by atoms with Gasteiger partial charge < -0.3 is 24.8 Å². The Hall–Kier alpha value is -3.93. The van der Waals surface area contributed by atoms with Gasteiger partial charge in [0.1, 0.15) is 27.5 Å². The van der Waals surface area contributed by atoms with Gasteiger partial charge in [-0.3, -0.25) is 5.32 Å². The number of benzene rings is 1. The second-order valence-electron chi connectivity index (χ2n) is 12.5.